The Morgan fingerprint density at radius 3 is 2.60 bits per heavy atom. The zero-order chi connectivity index (χ0) is 7.82. The molecule has 0 aliphatic rings. The number of thioether (sulfide) groups is 1. The van der Waals surface area contributed by atoms with Gasteiger partial charge in [-0.2, -0.15) is 12.6 Å². The molecule has 0 rings (SSSR count). The van der Waals surface area contributed by atoms with Gasteiger partial charge in [-0.15, -0.1) is 0 Å². The Kier molecular flexibility index (Phi) is 8.53. The fourth-order valence-electron chi connectivity index (χ4n) is 0.563. The second-order valence-corrected chi connectivity index (χ2v) is 4.44. The summed E-state index contributed by atoms with van der Waals surface area (Å²) in [7, 11) is 2.16. The van der Waals surface area contributed by atoms with Gasteiger partial charge >= 0.3 is 0 Å². The van der Waals surface area contributed by atoms with Crippen LogP contribution in [0.5, 0.6) is 0 Å². The molecule has 1 unspecified atom stereocenters. The molecule has 0 aromatic carbocycles. The third-order valence-electron chi connectivity index (χ3n) is 1.05. The van der Waals surface area contributed by atoms with Gasteiger partial charge in [-0.1, -0.05) is 27.4 Å². The first kappa shape index (κ1) is 10.8. The van der Waals surface area contributed by atoms with Crippen molar-refractivity contribution in [3.63, 3.8) is 0 Å². The quantitative estimate of drug-likeness (QED) is 0.414. The van der Waals surface area contributed by atoms with Crippen molar-refractivity contribution in [2.45, 2.75) is 19.3 Å². The van der Waals surface area contributed by atoms with E-state index < -0.39 is 0 Å². The van der Waals surface area contributed by atoms with Crippen LogP contribution in [0.3, 0.4) is 0 Å². The van der Waals surface area contributed by atoms with Crippen molar-refractivity contribution in [2.24, 2.45) is 0 Å². The van der Waals surface area contributed by atoms with E-state index in [1.807, 2.05) is 0 Å². The van der Waals surface area contributed by atoms with Gasteiger partial charge in [0.1, 0.15) is 0 Å². The van der Waals surface area contributed by atoms with Crippen LogP contribution in [0.1, 0.15) is 19.3 Å². The minimum Gasteiger partial charge on any atom is -0.283 e. The summed E-state index contributed by atoms with van der Waals surface area (Å²) in [5.74, 6) is 1.91. The molecule has 1 atom stereocenters. The van der Waals surface area contributed by atoms with Gasteiger partial charge in [0.05, 0.1) is 0 Å². The molecule has 0 radical (unpaired) electrons. The Morgan fingerprint density at radius 1 is 1.40 bits per heavy atom. The van der Waals surface area contributed by atoms with Crippen LogP contribution in [0.4, 0.5) is 4.79 Å². The highest BCUT2D eigenvalue weighted by atomic mass is 32.2. The molecular weight excluding hydrogens is 183 g/mol. The van der Waals surface area contributed by atoms with Crippen molar-refractivity contribution < 1.29 is 4.79 Å². The number of carbonyl (C=O) groups excluding carboxylic acids is 1. The number of hydrogen-bond donors (Lipinski definition) is 1. The van der Waals surface area contributed by atoms with Crippen molar-refractivity contribution in [1.82, 2.24) is 0 Å². The summed E-state index contributed by atoms with van der Waals surface area (Å²) in [5, 5.41) is 0. The topological polar surface area (TPSA) is 17.1 Å². The average molecular weight is 196 g/mol. The Balaban J connectivity index is 2.84. The molecule has 0 saturated carbocycles. The molecule has 1 nitrogen and oxygen atoms in total. The Morgan fingerprint density at radius 2 is 2.10 bits per heavy atom. The summed E-state index contributed by atoms with van der Waals surface area (Å²) in [6.45, 7) is 0. The zero-order valence-corrected chi connectivity index (χ0v) is 8.74. The van der Waals surface area contributed by atoms with Crippen LogP contribution in [0.2, 0.25) is 0 Å². The normalized spacial score (nSPS) is 9.80. The van der Waals surface area contributed by atoms with Gasteiger partial charge < -0.3 is 0 Å². The lowest BCUT2D eigenvalue weighted by atomic mass is 10.3. The van der Waals surface area contributed by atoms with E-state index in [0.29, 0.717) is 0 Å². The van der Waals surface area contributed by atoms with Gasteiger partial charge in [0, 0.05) is 5.75 Å². The van der Waals surface area contributed by atoms with Crippen LogP contribution in [0.25, 0.3) is 0 Å². The number of rotatable bonds is 5. The minimum absolute atomic E-state index is 0.144. The summed E-state index contributed by atoms with van der Waals surface area (Å²) in [6.07, 6.45) is 3.48. The number of thiol groups is 1. The Hall–Kier alpha value is 0.800. The molecule has 0 amide bonds. The molecule has 0 fully saturated rings. The first-order chi connectivity index (χ1) is 4.77. The molecule has 0 aromatic rings. The minimum atomic E-state index is 0.144. The van der Waals surface area contributed by atoms with Crippen molar-refractivity contribution in [3.8, 4) is 0 Å². The monoisotopic (exact) mass is 196 g/mol. The highest BCUT2D eigenvalue weighted by molar-refractivity contribution is 8.21. The van der Waals surface area contributed by atoms with Crippen LogP contribution in [-0.2, 0) is 0 Å². The molecule has 0 saturated heterocycles. The third-order valence-corrected chi connectivity index (χ3v) is 2.64. The number of hydrogen-bond acceptors (Lipinski definition) is 3. The fraction of sp³-hybridized carbons (Fsp3) is 0.833. The number of carbonyl (C=O) groups is 1. The Labute approximate surface area is 74.3 Å². The molecule has 0 bridgehead atoms. The Bertz CT molecular complexity index is 97.7. The average Bonchev–Trinajstić information content (AvgIpc) is 1.87. The van der Waals surface area contributed by atoms with Gasteiger partial charge in [0.25, 0.3) is 0 Å². The molecule has 4 heteroatoms. The van der Waals surface area contributed by atoms with Crippen LogP contribution >= 0.6 is 33.6 Å². The molecule has 0 N–H and O–H groups in total. The zero-order valence-electron chi connectivity index (χ0n) is 5.88. The number of unbranched alkanes of at least 4 members (excludes halogenated alkanes) is 2. The van der Waals surface area contributed by atoms with Gasteiger partial charge in [-0.25, -0.2) is 0 Å². The van der Waals surface area contributed by atoms with Gasteiger partial charge in [-0.3, -0.25) is 4.79 Å². The third kappa shape index (κ3) is 8.80. The van der Waals surface area contributed by atoms with E-state index >= 15 is 0 Å². The van der Waals surface area contributed by atoms with Gasteiger partial charge in [0.15, 0.2) is 0 Å². The van der Waals surface area contributed by atoms with Gasteiger partial charge in [-0.05, 0) is 18.6 Å². The second-order valence-electron chi connectivity index (χ2n) is 1.95. The highest BCUT2D eigenvalue weighted by Gasteiger charge is 1.92. The molecule has 0 spiro atoms. The summed E-state index contributed by atoms with van der Waals surface area (Å²) in [4.78, 5) is 10.5. The molecule has 0 aliphatic heterocycles. The first-order valence-electron chi connectivity index (χ1n) is 3.30. The van der Waals surface area contributed by atoms with E-state index in [2.05, 4.69) is 21.9 Å². The lowest BCUT2D eigenvalue weighted by Crippen LogP contribution is -1.83. The molecule has 0 heterocycles. The summed E-state index contributed by atoms with van der Waals surface area (Å²) < 4.78 is 0. The van der Waals surface area contributed by atoms with Crippen molar-refractivity contribution in [1.29, 1.82) is 0 Å². The molecular formula is C6H13OPS2. The molecule has 60 valence electrons. The summed E-state index contributed by atoms with van der Waals surface area (Å²) >= 11 is 5.47. The van der Waals surface area contributed by atoms with E-state index in [9.17, 15) is 4.79 Å². The van der Waals surface area contributed by atoms with Gasteiger partial charge in [0.2, 0.25) is 4.86 Å². The van der Waals surface area contributed by atoms with Crippen LogP contribution in [-0.4, -0.2) is 16.4 Å². The van der Waals surface area contributed by atoms with Crippen molar-refractivity contribution in [2.75, 3.05) is 11.5 Å². The van der Waals surface area contributed by atoms with Crippen molar-refractivity contribution in [3.05, 3.63) is 0 Å². The predicted octanol–water partition coefficient (Wildman–Crippen LogP) is 2.81. The van der Waals surface area contributed by atoms with Crippen molar-refractivity contribution >= 4 is 38.5 Å². The molecule has 0 aromatic heterocycles. The predicted molar refractivity (Wildman–Crippen MR) is 55.3 cm³/mol. The van der Waals surface area contributed by atoms with Crippen LogP contribution in [0, 0.1) is 0 Å². The maximum absolute atomic E-state index is 10.4. The lowest BCUT2D eigenvalue weighted by molar-refractivity contribution is 0.276. The highest BCUT2D eigenvalue weighted by Crippen LogP contribution is 2.12. The first-order valence-corrected chi connectivity index (χ1v) is 5.50. The van der Waals surface area contributed by atoms with E-state index in [-0.39, 0.29) is 4.86 Å². The largest absolute Gasteiger partial charge is 0.283 e. The van der Waals surface area contributed by atoms with E-state index in [1.165, 1.54) is 18.2 Å². The van der Waals surface area contributed by atoms with E-state index in [0.717, 1.165) is 24.3 Å². The standard InChI is InChI=1S/C6H13OPS2/c7-6(8)10-5-3-1-2-4-9/h9H,1-5,8H2. The summed E-state index contributed by atoms with van der Waals surface area (Å²) in [6, 6.07) is 0. The molecule has 10 heavy (non-hydrogen) atoms. The summed E-state index contributed by atoms with van der Waals surface area (Å²) in [5.41, 5.74) is 0. The molecule has 0 aliphatic carbocycles. The fourth-order valence-corrected chi connectivity index (χ4v) is 1.69. The lowest BCUT2D eigenvalue weighted by Gasteiger charge is -1.95. The second kappa shape index (κ2) is 7.90. The SMILES string of the molecule is O=C(P)SCCCCCS. The maximum atomic E-state index is 10.4. The van der Waals surface area contributed by atoms with E-state index in [4.69, 9.17) is 0 Å². The van der Waals surface area contributed by atoms with Crippen LogP contribution < -0.4 is 0 Å². The van der Waals surface area contributed by atoms with Crippen LogP contribution in [0.15, 0.2) is 0 Å². The smallest absolute Gasteiger partial charge is 0.203 e. The van der Waals surface area contributed by atoms with E-state index in [1.54, 1.807) is 0 Å². The maximum Gasteiger partial charge on any atom is 0.203 e.